The summed E-state index contributed by atoms with van der Waals surface area (Å²) in [6, 6.07) is 0. The first-order valence-electron chi connectivity index (χ1n) is 3.24. The second-order valence-electron chi connectivity index (χ2n) is 3.02. The minimum absolute atomic E-state index is 1.08. The maximum atomic E-state index is 2.28. The molecule has 0 amide bonds. The molecule has 0 aliphatic heterocycles. The van der Waals surface area contributed by atoms with E-state index in [1.165, 1.54) is 12.8 Å². The van der Waals surface area contributed by atoms with E-state index in [0.29, 0.717) is 0 Å². The Morgan fingerprint density at radius 3 is 1.25 bits per heavy atom. The second-order valence-corrected chi connectivity index (χ2v) is 3.02. The molecule has 1 saturated carbocycles. The lowest BCUT2D eigenvalue weighted by molar-refractivity contribution is 0.505. The van der Waals surface area contributed by atoms with Gasteiger partial charge in [0.25, 0.3) is 0 Å². The van der Waals surface area contributed by atoms with Crippen molar-refractivity contribution in [1.29, 1.82) is 0 Å². The Bertz CT molecular complexity index is 43.6. The molecular weight excluding hydrogens is 98.1 g/mol. The summed E-state index contributed by atoms with van der Waals surface area (Å²) >= 11 is 0. The number of hydrogen-bond donors (Lipinski definition) is 0. The van der Waals surface area contributed by atoms with E-state index in [-0.39, 0.29) is 0 Å². The molecule has 0 bridgehead atoms. The molecule has 0 radical (unpaired) electrons. The van der Waals surface area contributed by atoms with Gasteiger partial charge in [-0.05, 0) is 27.1 Å². The van der Waals surface area contributed by atoms with Gasteiger partial charge in [0.1, 0.15) is 0 Å². The zero-order valence-electron chi connectivity index (χ0n) is 6.44. The number of nitrogens with zero attached hydrogens (tertiary/aromatic N) is 1. The summed E-state index contributed by atoms with van der Waals surface area (Å²) in [5.41, 5.74) is 0. The van der Waals surface area contributed by atoms with Gasteiger partial charge < -0.3 is 4.90 Å². The van der Waals surface area contributed by atoms with Crippen molar-refractivity contribution in [2.75, 3.05) is 21.1 Å². The topological polar surface area (TPSA) is 3.24 Å². The molecule has 0 spiro atoms. The molecule has 8 heavy (non-hydrogen) atoms. The fourth-order valence-electron chi connectivity index (χ4n) is 0.167. The zero-order chi connectivity index (χ0) is 6.57. The molecule has 0 heterocycles. The molecule has 1 rings (SSSR count). The molecule has 1 nitrogen and oxygen atoms in total. The molecule has 1 fully saturated rings. The van der Waals surface area contributed by atoms with Crippen molar-refractivity contribution in [2.24, 2.45) is 5.92 Å². The van der Waals surface area contributed by atoms with Gasteiger partial charge in [0, 0.05) is 0 Å². The lowest BCUT2D eigenvalue weighted by Crippen LogP contribution is -1.99. The highest BCUT2D eigenvalue weighted by Gasteiger charge is 2.12. The summed E-state index contributed by atoms with van der Waals surface area (Å²) in [7, 11) is 6.00. The highest BCUT2D eigenvalue weighted by atomic mass is 15.0. The normalized spacial score (nSPS) is 17.6. The van der Waals surface area contributed by atoms with Crippen molar-refractivity contribution in [3.05, 3.63) is 0 Å². The Morgan fingerprint density at radius 2 is 1.25 bits per heavy atom. The van der Waals surface area contributed by atoms with Crippen LogP contribution in [0.25, 0.3) is 0 Å². The van der Waals surface area contributed by atoms with E-state index in [1.807, 2.05) is 26.0 Å². The van der Waals surface area contributed by atoms with Gasteiger partial charge in [-0.1, -0.05) is 19.8 Å². The Labute approximate surface area is 52.7 Å². The van der Waals surface area contributed by atoms with Crippen LogP contribution >= 0.6 is 0 Å². The van der Waals surface area contributed by atoms with E-state index >= 15 is 0 Å². The minimum Gasteiger partial charge on any atom is -0.312 e. The van der Waals surface area contributed by atoms with Crippen LogP contribution in [0.1, 0.15) is 19.8 Å². The molecule has 0 unspecified atom stereocenters. The maximum Gasteiger partial charge on any atom is -0.0140 e. The van der Waals surface area contributed by atoms with Crippen LogP contribution in [0, 0.1) is 5.92 Å². The fraction of sp³-hybridized carbons (Fsp3) is 1.00. The van der Waals surface area contributed by atoms with Crippen LogP contribution in [0.3, 0.4) is 0 Å². The van der Waals surface area contributed by atoms with E-state index in [9.17, 15) is 0 Å². The van der Waals surface area contributed by atoms with Gasteiger partial charge in [-0.2, -0.15) is 0 Å². The molecule has 0 aromatic carbocycles. The smallest absolute Gasteiger partial charge is 0.0140 e. The molecule has 0 N–H and O–H groups in total. The molecule has 1 heteroatoms. The average Bonchev–Trinajstić information content (AvgIpc) is 2.19. The molecule has 50 valence electrons. The van der Waals surface area contributed by atoms with E-state index in [2.05, 4.69) is 6.92 Å². The highest BCUT2D eigenvalue weighted by Crippen LogP contribution is 2.26. The first-order chi connectivity index (χ1) is 3.63. The Balaban J connectivity index is 0.000000122. The summed E-state index contributed by atoms with van der Waals surface area (Å²) in [5.74, 6) is 1.08. The van der Waals surface area contributed by atoms with Gasteiger partial charge in [0.15, 0.2) is 0 Å². The predicted octanol–water partition coefficient (Wildman–Crippen LogP) is 1.59. The molecule has 1 aliphatic carbocycles. The van der Waals surface area contributed by atoms with Crippen LogP contribution in [0.15, 0.2) is 0 Å². The van der Waals surface area contributed by atoms with Crippen LogP contribution in [0.4, 0.5) is 0 Å². The second kappa shape index (κ2) is 3.90. The van der Waals surface area contributed by atoms with Crippen molar-refractivity contribution in [3.63, 3.8) is 0 Å². The van der Waals surface area contributed by atoms with Crippen LogP contribution < -0.4 is 0 Å². The molecular formula is C7H17N. The van der Waals surface area contributed by atoms with Gasteiger partial charge in [-0.3, -0.25) is 0 Å². The third-order valence-electron chi connectivity index (χ3n) is 0.866. The third-order valence-corrected chi connectivity index (χ3v) is 0.866. The van der Waals surface area contributed by atoms with Gasteiger partial charge in [0.05, 0.1) is 0 Å². The zero-order valence-corrected chi connectivity index (χ0v) is 6.44. The highest BCUT2D eigenvalue weighted by molar-refractivity contribution is 4.65. The molecule has 0 aromatic rings. The van der Waals surface area contributed by atoms with Gasteiger partial charge in [-0.25, -0.2) is 0 Å². The van der Waals surface area contributed by atoms with Gasteiger partial charge in [-0.15, -0.1) is 0 Å². The van der Waals surface area contributed by atoms with Crippen molar-refractivity contribution in [3.8, 4) is 0 Å². The molecule has 0 atom stereocenters. The standard InChI is InChI=1S/C4H8.C3H9N/c1-4-2-3-4;1-4(2)3/h4H,2-3H2,1H3;1-3H3. The van der Waals surface area contributed by atoms with E-state index in [4.69, 9.17) is 0 Å². The van der Waals surface area contributed by atoms with Crippen molar-refractivity contribution in [1.82, 2.24) is 4.90 Å². The molecule has 0 saturated heterocycles. The SMILES string of the molecule is CC1CC1.CN(C)C. The molecule has 0 aromatic heterocycles. The lowest BCUT2D eigenvalue weighted by atomic mass is 10.5. The van der Waals surface area contributed by atoms with Crippen LogP contribution in [-0.2, 0) is 0 Å². The molecule has 1 aliphatic rings. The summed E-state index contributed by atoms with van der Waals surface area (Å²) < 4.78 is 0. The fourth-order valence-corrected chi connectivity index (χ4v) is 0.167. The van der Waals surface area contributed by atoms with Gasteiger partial charge in [0.2, 0.25) is 0 Å². The largest absolute Gasteiger partial charge is 0.312 e. The summed E-state index contributed by atoms with van der Waals surface area (Å²) in [6.07, 6.45) is 2.97. The monoisotopic (exact) mass is 115 g/mol. The first kappa shape index (κ1) is 7.96. The van der Waals surface area contributed by atoms with Crippen LogP contribution in [-0.4, -0.2) is 26.0 Å². The van der Waals surface area contributed by atoms with E-state index in [1.54, 1.807) is 0 Å². The van der Waals surface area contributed by atoms with E-state index < -0.39 is 0 Å². The first-order valence-corrected chi connectivity index (χ1v) is 3.24. The van der Waals surface area contributed by atoms with Crippen molar-refractivity contribution >= 4 is 0 Å². The third kappa shape index (κ3) is 16.7. The minimum atomic E-state index is 1.08. The van der Waals surface area contributed by atoms with Gasteiger partial charge >= 0.3 is 0 Å². The van der Waals surface area contributed by atoms with Crippen LogP contribution in [0.2, 0.25) is 0 Å². The Morgan fingerprint density at radius 1 is 1.12 bits per heavy atom. The summed E-state index contributed by atoms with van der Waals surface area (Å²) in [5, 5.41) is 0. The quantitative estimate of drug-likeness (QED) is 0.463. The maximum absolute atomic E-state index is 2.28. The summed E-state index contributed by atoms with van der Waals surface area (Å²) in [6.45, 7) is 2.28. The predicted molar refractivity (Wildman–Crippen MR) is 38.0 cm³/mol. The Hall–Kier alpha value is -0.0400. The van der Waals surface area contributed by atoms with Crippen molar-refractivity contribution in [2.45, 2.75) is 19.8 Å². The lowest BCUT2D eigenvalue weighted by Gasteiger charge is -1.90. The van der Waals surface area contributed by atoms with Crippen molar-refractivity contribution < 1.29 is 0 Å². The Kier molecular flexibility index (Phi) is 3.88. The summed E-state index contributed by atoms with van der Waals surface area (Å²) in [4.78, 5) is 2.00. The number of hydrogen-bond acceptors (Lipinski definition) is 1. The van der Waals surface area contributed by atoms with E-state index in [0.717, 1.165) is 5.92 Å². The average molecular weight is 115 g/mol. The number of rotatable bonds is 0. The van der Waals surface area contributed by atoms with Crippen LogP contribution in [0.5, 0.6) is 0 Å².